The smallest absolute Gasteiger partial charge is 0.311 e. The van der Waals surface area contributed by atoms with Crippen molar-refractivity contribution in [3.05, 3.63) is 75.4 Å². The molecule has 1 aliphatic heterocycles. The minimum absolute atomic E-state index is 0.0138. The van der Waals surface area contributed by atoms with Gasteiger partial charge in [-0.15, -0.1) is 0 Å². The normalized spacial score (nSPS) is 23.5. The van der Waals surface area contributed by atoms with Gasteiger partial charge < -0.3 is 10.1 Å². The van der Waals surface area contributed by atoms with Gasteiger partial charge in [0.1, 0.15) is 0 Å². The first kappa shape index (κ1) is 15.7. The monoisotopic (exact) mass is 336 g/mol. The van der Waals surface area contributed by atoms with Crippen LogP contribution in [0.2, 0.25) is 0 Å². The van der Waals surface area contributed by atoms with E-state index >= 15 is 0 Å². The van der Waals surface area contributed by atoms with Crippen LogP contribution in [0.5, 0.6) is 5.75 Å². The van der Waals surface area contributed by atoms with E-state index in [0.29, 0.717) is 17.6 Å². The molecule has 3 atom stereocenters. The molecule has 0 unspecified atom stereocenters. The highest BCUT2D eigenvalue weighted by atomic mass is 16.6. The van der Waals surface area contributed by atoms with Crippen LogP contribution in [-0.4, -0.2) is 12.0 Å². The molecule has 0 fully saturated rings. The Hall–Kier alpha value is -2.82. The van der Waals surface area contributed by atoms with Crippen molar-refractivity contribution < 1.29 is 9.66 Å². The van der Waals surface area contributed by atoms with E-state index in [0.717, 1.165) is 17.7 Å². The number of anilines is 1. The Bertz CT molecular complexity index is 875. The van der Waals surface area contributed by atoms with Crippen LogP contribution in [0.3, 0.4) is 0 Å². The number of hydrogen-bond donors (Lipinski definition) is 1. The van der Waals surface area contributed by atoms with Gasteiger partial charge in [0.05, 0.1) is 18.1 Å². The van der Waals surface area contributed by atoms with Crippen LogP contribution in [0.1, 0.15) is 35.1 Å². The molecule has 0 saturated heterocycles. The first-order valence-electron chi connectivity index (χ1n) is 8.45. The van der Waals surface area contributed by atoms with Crippen LogP contribution in [-0.2, 0) is 0 Å². The van der Waals surface area contributed by atoms with Gasteiger partial charge in [-0.3, -0.25) is 10.1 Å². The molecule has 5 heteroatoms. The Morgan fingerprint density at radius 2 is 2.12 bits per heavy atom. The maximum atomic E-state index is 11.4. The highest BCUT2D eigenvalue weighted by Gasteiger charge is 2.38. The number of benzene rings is 2. The molecule has 2 aromatic rings. The van der Waals surface area contributed by atoms with Gasteiger partial charge >= 0.3 is 5.69 Å². The molecule has 2 aliphatic rings. The molecule has 0 spiro atoms. The number of fused-ring (bicyclic) bond motifs is 3. The summed E-state index contributed by atoms with van der Waals surface area (Å²) in [7, 11) is 1.46. The predicted molar refractivity (Wildman–Crippen MR) is 97.2 cm³/mol. The number of ether oxygens (including phenoxy) is 1. The van der Waals surface area contributed by atoms with Gasteiger partial charge in [-0.2, -0.15) is 0 Å². The number of para-hydroxylation sites is 1. The Balaban J connectivity index is 1.80. The average molecular weight is 336 g/mol. The van der Waals surface area contributed by atoms with E-state index in [1.807, 2.05) is 6.07 Å². The van der Waals surface area contributed by atoms with Crippen molar-refractivity contribution in [1.82, 2.24) is 0 Å². The largest absolute Gasteiger partial charge is 0.490 e. The average Bonchev–Trinajstić information content (AvgIpc) is 3.11. The second kappa shape index (κ2) is 5.92. The highest BCUT2D eigenvalue weighted by Crippen LogP contribution is 2.51. The summed E-state index contributed by atoms with van der Waals surface area (Å²) >= 11 is 0. The Labute approximate surface area is 146 Å². The van der Waals surface area contributed by atoms with Crippen molar-refractivity contribution in [3.8, 4) is 5.75 Å². The van der Waals surface area contributed by atoms with Gasteiger partial charge in [-0.25, -0.2) is 0 Å². The molecule has 0 saturated carbocycles. The quantitative estimate of drug-likeness (QED) is 0.499. The van der Waals surface area contributed by atoms with E-state index in [2.05, 4.69) is 42.6 Å². The van der Waals surface area contributed by atoms with Crippen LogP contribution in [0.15, 0.2) is 48.6 Å². The Kier molecular flexibility index (Phi) is 3.71. The molecule has 2 aromatic carbocycles. The third-order valence-electron chi connectivity index (χ3n) is 5.36. The molecule has 1 aliphatic carbocycles. The zero-order valence-corrected chi connectivity index (χ0v) is 14.2. The van der Waals surface area contributed by atoms with E-state index < -0.39 is 0 Å². The van der Waals surface area contributed by atoms with Crippen LogP contribution >= 0.6 is 0 Å². The SMILES string of the molecule is COc1ccc([C@H]2Nc3c(C)cccc3[C@H]3C=CC[C@@H]32)cc1[N+](=O)[O-]. The van der Waals surface area contributed by atoms with Crippen molar-refractivity contribution in [1.29, 1.82) is 0 Å². The van der Waals surface area contributed by atoms with Crippen molar-refractivity contribution in [2.24, 2.45) is 5.92 Å². The fourth-order valence-corrected chi connectivity index (χ4v) is 4.15. The lowest BCUT2D eigenvalue weighted by Gasteiger charge is -2.38. The van der Waals surface area contributed by atoms with Gasteiger partial charge in [0.15, 0.2) is 5.75 Å². The summed E-state index contributed by atoms with van der Waals surface area (Å²) in [5, 5.41) is 15.0. The zero-order chi connectivity index (χ0) is 17.6. The maximum Gasteiger partial charge on any atom is 0.311 e. The van der Waals surface area contributed by atoms with Crippen molar-refractivity contribution in [2.45, 2.75) is 25.3 Å². The van der Waals surface area contributed by atoms with Crippen molar-refractivity contribution in [3.63, 3.8) is 0 Å². The molecular weight excluding hydrogens is 316 g/mol. The first-order chi connectivity index (χ1) is 12.1. The predicted octanol–water partition coefficient (Wildman–Crippen LogP) is 4.74. The van der Waals surface area contributed by atoms with Crippen LogP contribution in [0, 0.1) is 23.0 Å². The number of allylic oxidation sites excluding steroid dienone is 2. The van der Waals surface area contributed by atoms with Gasteiger partial charge in [-0.05, 0) is 42.0 Å². The minimum Gasteiger partial charge on any atom is -0.490 e. The van der Waals surface area contributed by atoms with Gasteiger partial charge in [0.2, 0.25) is 0 Å². The summed E-state index contributed by atoms with van der Waals surface area (Å²) in [4.78, 5) is 11.0. The number of rotatable bonds is 3. The summed E-state index contributed by atoms with van der Waals surface area (Å²) in [6.45, 7) is 2.10. The Morgan fingerprint density at radius 3 is 2.88 bits per heavy atom. The number of hydrogen-bond acceptors (Lipinski definition) is 4. The minimum atomic E-state index is -0.380. The van der Waals surface area contributed by atoms with Gasteiger partial charge in [-0.1, -0.05) is 36.4 Å². The number of nitrogens with one attached hydrogen (secondary N) is 1. The molecule has 1 N–H and O–H groups in total. The van der Waals surface area contributed by atoms with E-state index in [-0.39, 0.29) is 16.7 Å². The van der Waals surface area contributed by atoms with Crippen LogP contribution in [0.25, 0.3) is 0 Å². The van der Waals surface area contributed by atoms with Gasteiger partial charge in [0, 0.05) is 17.7 Å². The lowest BCUT2D eigenvalue weighted by molar-refractivity contribution is -0.385. The number of aryl methyl sites for hydroxylation is 1. The summed E-state index contributed by atoms with van der Waals surface area (Å²) in [6, 6.07) is 11.7. The van der Waals surface area contributed by atoms with E-state index in [4.69, 9.17) is 4.74 Å². The number of nitro benzene ring substituents is 1. The highest BCUT2D eigenvalue weighted by molar-refractivity contribution is 5.64. The molecule has 25 heavy (non-hydrogen) atoms. The molecule has 1 heterocycles. The molecule has 5 nitrogen and oxygen atoms in total. The third-order valence-corrected chi connectivity index (χ3v) is 5.36. The maximum absolute atomic E-state index is 11.4. The third kappa shape index (κ3) is 2.47. The summed E-state index contributed by atoms with van der Waals surface area (Å²) in [6.07, 6.45) is 5.46. The number of nitrogens with zero attached hydrogens (tertiary/aromatic N) is 1. The van der Waals surface area contributed by atoms with Crippen molar-refractivity contribution >= 4 is 11.4 Å². The number of nitro groups is 1. The molecule has 0 amide bonds. The fourth-order valence-electron chi connectivity index (χ4n) is 4.15. The summed E-state index contributed by atoms with van der Waals surface area (Å²) in [5.74, 6) is 1.01. The summed E-state index contributed by atoms with van der Waals surface area (Å²) in [5.41, 5.74) is 4.61. The molecule has 128 valence electrons. The second-order valence-electron chi connectivity index (χ2n) is 6.70. The molecule has 0 radical (unpaired) electrons. The first-order valence-corrected chi connectivity index (χ1v) is 8.45. The standard InChI is InChI=1S/C20H20N2O3/c1-12-5-3-7-15-14-6-4-8-16(14)20(21-19(12)15)13-9-10-18(25-2)17(11-13)22(23)24/h3-7,9-11,14,16,20-21H,8H2,1-2H3/t14-,16+,20-/m1/s1. The molecule has 0 bridgehead atoms. The topological polar surface area (TPSA) is 64.4 Å². The lowest BCUT2D eigenvalue weighted by atomic mass is 9.76. The van der Waals surface area contributed by atoms with E-state index in [1.54, 1.807) is 12.1 Å². The van der Waals surface area contributed by atoms with Crippen LogP contribution in [0.4, 0.5) is 11.4 Å². The fraction of sp³-hybridized carbons (Fsp3) is 0.300. The van der Waals surface area contributed by atoms with Crippen LogP contribution < -0.4 is 10.1 Å². The lowest BCUT2D eigenvalue weighted by Crippen LogP contribution is -2.29. The van der Waals surface area contributed by atoms with E-state index in [9.17, 15) is 10.1 Å². The molecular formula is C20H20N2O3. The number of methoxy groups -OCH3 is 1. The Morgan fingerprint density at radius 1 is 1.28 bits per heavy atom. The molecule has 4 rings (SSSR count). The zero-order valence-electron chi connectivity index (χ0n) is 14.2. The van der Waals surface area contributed by atoms with Gasteiger partial charge in [0.25, 0.3) is 0 Å². The molecule has 0 aromatic heterocycles. The van der Waals surface area contributed by atoms with Crippen molar-refractivity contribution in [2.75, 3.05) is 12.4 Å². The summed E-state index contributed by atoms with van der Waals surface area (Å²) < 4.78 is 5.14. The van der Waals surface area contributed by atoms with E-state index in [1.165, 1.54) is 18.2 Å². The second-order valence-corrected chi connectivity index (χ2v) is 6.70.